The summed E-state index contributed by atoms with van der Waals surface area (Å²) in [6, 6.07) is 7.20. The third-order valence-electron chi connectivity index (χ3n) is 3.69. The van der Waals surface area contributed by atoms with Crippen molar-refractivity contribution in [1.29, 1.82) is 0 Å². The summed E-state index contributed by atoms with van der Waals surface area (Å²) in [5, 5.41) is 0. The van der Waals surface area contributed by atoms with Gasteiger partial charge >= 0.3 is 100 Å². The molecule has 4 heteroatoms. The second-order valence-corrected chi connectivity index (χ2v) is 10.9. The number of rotatable bonds is 1. The molecule has 1 aromatic carbocycles. The number of hydrogen-bond donors (Lipinski definition) is 0. The first-order valence-corrected chi connectivity index (χ1v) is 9.47. The molecule has 1 aromatic rings. The molecule has 1 atom stereocenters. The van der Waals surface area contributed by atoms with Crippen molar-refractivity contribution in [2.24, 2.45) is 0 Å². The third-order valence-corrected chi connectivity index (χ3v) is 11.0. The topological polar surface area (TPSA) is 37.4 Å². The van der Waals surface area contributed by atoms with Gasteiger partial charge in [0.15, 0.2) is 0 Å². The minimum absolute atomic E-state index is 0.0416. The maximum atomic E-state index is 12.2. The van der Waals surface area contributed by atoms with Crippen molar-refractivity contribution < 1.29 is 9.59 Å². The first-order valence-electron chi connectivity index (χ1n) is 5.34. The molecule has 3 aliphatic heterocycles. The van der Waals surface area contributed by atoms with Crippen LogP contribution < -0.4 is 0 Å². The first kappa shape index (κ1) is 9.15. The molecule has 4 rings (SSSR count). The number of imide groups is 1. The number of carbonyl (C=O) groups excluding carboxylic acids is 2. The van der Waals surface area contributed by atoms with Crippen LogP contribution in [0.1, 0.15) is 27.1 Å². The molecular formula is C12H10INO2. The summed E-state index contributed by atoms with van der Waals surface area (Å²) in [5.41, 5.74) is 1.22. The molecule has 0 radical (unpaired) electrons. The van der Waals surface area contributed by atoms with Crippen LogP contribution in [-0.2, 0) is 0 Å². The number of fused-ring (bicyclic) bond motifs is 2. The second-order valence-electron chi connectivity index (χ2n) is 4.44. The van der Waals surface area contributed by atoms with Gasteiger partial charge in [-0.2, -0.15) is 0 Å². The molecule has 0 aliphatic carbocycles. The van der Waals surface area contributed by atoms with Gasteiger partial charge in [-0.3, -0.25) is 0 Å². The van der Waals surface area contributed by atoms with E-state index in [1.807, 2.05) is 12.1 Å². The SMILES string of the molecule is O=C1c2ccccc2C(=O)N1C12CCI1C2. The van der Waals surface area contributed by atoms with Crippen LogP contribution in [-0.4, -0.2) is 29.1 Å². The Labute approximate surface area is 100 Å². The van der Waals surface area contributed by atoms with Crippen molar-refractivity contribution >= 4 is 31.6 Å². The Bertz CT molecular complexity index is 503. The standard InChI is InChI=1S/C12H10INO2/c15-10-8-3-1-2-4-9(8)11(16)14(10)12-5-6-13(12)7-12/h1-4H,5-7H2. The predicted octanol–water partition coefficient (Wildman–Crippen LogP) is 1.90. The summed E-state index contributed by atoms with van der Waals surface area (Å²) in [5.74, 6) is -0.0831. The van der Waals surface area contributed by atoms with Gasteiger partial charge in [0, 0.05) is 0 Å². The Morgan fingerprint density at radius 2 is 1.75 bits per heavy atom. The molecule has 3 aliphatic rings. The Morgan fingerprint density at radius 3 is 2.12 bits per heavy atom. The zero-order chi connectivity index (χ0) is 10.9. The molecule has 2 amide bonds. The van der Waals surface area contributed by atoms with E-state index in [-0.39, 0.29) is 15.4 Å². The number of carbonyl (C=O) groups is 2. The molecule has 2 saturated heterocycles. The van der Waals surface area contributed by atoms with Crippen LogP contribution in [0.2, 0.25) is 0 Å². The average molecular weight is 327 g/mol. The molecule has 1 unspecified atom stereocenters. The third kappa shape index (κ3) is 0.863. The molecule has 16 heavy (non-hydrogen) atoms. The molecule has 3 nitrogen and oxygen atoms in total. The van der Waals surface area contributed by atoms with Crippen LogP contribution in [0.5, 0.6) is 0 Å². The van der Waals surface area contributed by atoms with E-state index in [9.17, 15) is 9.59 Å². The fourth-order valence-corrected chi connectivity index (χ4v) is 10.1. The van der Waals surface area contributed by atoms with E-state index < -0.39 is 19.8 Å². The summed E-state index contributed by atoms with van der Waals surface area (Å²) in [7, 11) is 0. The Balaban J connectivity index is 1.84. The van der Waals surface area contributed by atoms with Crippen molar-refractivity contribution in [3.05, 3.63) is 35.4 Å². The van der Waals surface area contributed by atoms with Crippen molar-refractivity contribution in [1.82, 2.24) is 4.90 Å². The monoisotopic (exact) mass is 327 g/mol. The number of nitrogens with zero attached hydrogens (tertiary/aromatic N) is 1. The van der Waals surface area contributed by atoms with Gasteiger partial charge < -0.3 is 0 Å². The van der Waals surface area contributed by atoms with Crippen LogP contribution in [0.3, 0.4) is 0 Å². The van der Waals surface area contributed by atoms with E-state index in [1.54, 1.807) is 17.0 Å². The van der Waals surface area contributed by atoms with Gasteiger partial charge in [-0.25, -0.2) is 0 Å². The number of hydrogen-bond acceptors (Lipinski definition) is 2. The van der Waals surface area contributed by atoms with E-state index >= 15 is 0 Å². The molecular weight excluding hydrogens is 317 g/mol. The minimum atomic E-state index is -0.883. The van der Waals surface area contributed by atoms with Gasteiger partial charge in [0.05, 0.1) is 0 Å². The molecule has 0 spiro atoms. The van der Waals surface area contributed by atoms with E-state index in [0.29, 0.717) is 11.1 Å². The van der Waals surface area contributed by atoms with Gasteiger partial charge in [-0.15, -0.1) is 0 Å². The van der Waals surface area contributed by atoms with Gasteiger partial charge in [0.2, 0.25) is 0 Å². The molecule has 0 N–H and O–H groups in total. The van der Waals surface area contributed by atoms with Crippen LogP contribution in [0.25, 0.3) is 0 Å². The van der Waals surface area contributed by atoms with Crippen molar-refractivity contribution in [2.75, 3.05) is 8.86 Å². The van der Waals surface area contributed by atoms with Gasteiger partial charge in [-0.05, 0) is 0 Å². The molecule has 0 aromatic heterocycles. The zero-order valence-electron chi connectivity index (χ0n) is 8.57. The summed E-state index contributed by atoms with van der Waals surface area (Å²) >= 11 is -0.883. The maximum absolute atomic E-state index is 12.2. The molecule has 3 heterocycles. The Hall–Kier alpha value is -0.910. The van der Waals surface area contributed by atoms with E-state index in [1.165, 1.54) is 8.86 Å². The van der Waals surface area contributed by atoms with Crippen molar-refractivity contribution in [3.8, 4) is 0 Å². The van der Waals surface area contributed by atoms with Gasteiger partial charge in [0.25, 0.3) is 0 Å². The first-order chi connectivity index (χ1) is 7.74. The summed E-state index contributed by atoms with van der Waals surface area (Å²) in [4.78, 5) is 26.0. The quantitative estimate of drug-likeness (QED) is 0.342. The fraction of sp³-hybridized carbons (Fsp3) is 0.333. The molecule has 0 bridgehead atoms. The normalized spacial score (nSPS) is 32.2. The molecule has 0 saturated carbocycles. The number of benzene rings is 1. The number of alkyl halides is 3. The summed E-state index contributed by atoms with van der Waals surface area (Å²) in [6.45, 7) is 0. The second kappa shape index (κ2) is 2.67. The average Bonchev–Trinajstić information content (AvgIpc) is 2.70. The van der Waals surface area contributed by atoms with Crippen LogP contribution in [0.15, 0.2) is 24.3 Å². The van der Waals surface area contributed by atoms with Crippen molar-refractivity contribution in [3.63, 3.8) is 0 Å². The number of amides is 2. The van der Waals surface area contributed by atoms with Crippen molar-refractivity contribution in [2.45, 2.75) is 9.97 Å². The van der Waals surface area contributed by atoms with Crippen LogP contribution >= 0.6 is 19.8 Å². The van der Waals surface area contributed by atoms with Crippen LogP contribution in [0.4, 0.5) is 0 Å². The van der Waals surface area contributed by atoms with E-state index in [0.717, 1.165) is 6.42 Å². The molecule has 82 valence electrons. The van der Waals surface area contributed by atoms with Crippen LogP contribution in [0, 0.1) is 0 Å². The Kier molecular flexibility index (Phi) is 1.53. The Morgan fingerprint density at radius 1 is 1.12 bits per heavy atom. The van der Waals surface area contributed by atoms with E-state index in [2.05, 4.69) is 0 Å². The van der Waals surface area contributed by atoms with Gasteiger partial charge in [0.1, 0.15) is 0 Å². The summed E-state index contributed by atoms with van der Waals surface area (Å²) < 4.78 is 2.59. The molecule has 2 fully saturated rings. The zero-order valence-corrected chi connectivity index (χ0v) is 10.7. The summed E-state index contributed by atoms with van der Waals surface area (Å²) in [6.07, 6.45) is 1.07. The number of halogens is 1. The fourth-order valence-electron chi connectivity index (χ4n) is 2.65. The van der Waals surface area contributed by atoms with E-state index in [4.69, 9.17) is 0 Å². The predicted molar refractivity (Wildman–Crippen MR) is 68.0 cm³/mol. The van der Waals surface area contributed by atoms with Gasteiger partial charge in [-0.1, -0.05) is 0 Å².